The normalized spacial score (nSPS) is 20.8. The molecule has 0 saturated carbocycles. The summed E-state index contributed by atoms with van der Waals surface area (Å²) in [4.78, 5) is 41.9. The Morgan fingerprint density at radius 2 is 1.84 bits per heavy atom. The van der Waals surface area contributed by atoms with Crippen molar-refractivity contribution in [2.75, 3.05) is 29.9 Å². The van der Waals surface area contributed by atoms with Gasteiger partial charge < -0.3 is 15.5 Å². The van der Waals surface area contributed by atoms with Crippen LogP contribution in [0.15, 0.2) is 48.5 Å². The van der Waals surface area contributed by atoms with E-state index in [0.717, 1.165) is 36.5 Å². The number of carbonyl (C=O) groups excluding carboxylic acids is 3. The van der Waals surface area contributed by atoms with Crippen molar-refractivity contribution in [1.29, 1.82) is 0 Å². The van der Waals surface area contributed by atoms with Gasteiger partial charge in [0.1, 0.15) is 12.1 Å². The number of carbonyl (C=O) groups is 3. The molecule has 2 N–H and O–H groups in total. The minimum absolute atomic E-state index is 0.370. The van der Waals surface area contributed by atoms with E-state index in [2.05, 4.69) is 15.5 Å². The van der Waals surface area contributed by atoms with Gasteiger partial charge in [-0.2, -0.15) is 0 Å². The molecule has 0 radical (unpaired) electrons. The zero-order valence-corrected chi connectivity index (χ0v) is 18.1. The van der Waals surface area contributed by atoms with Gasteiger partial charge in [-0.25, -0.2) is 4.79 Å². The molecule has 0 aliphatic carbocycles. The van der Waals surface area contributed by atoms with E-state index in [9.17, 15) is 14.4 Å². The van der Waals surface area contributed by atoms with E-state index in [1.165, 1.54) is 0 Å². The third-order valence-electron chi connectivity index (χ3n) is 5.95. The molecule has 4 amide bonds. The highest BCUT2D eigenvalue weighted by molar-refractivity contribution is 6.31. The lowest BCUT2D eigenvalue weighted by atomic mass is 9.87. The van der Waals surface area contributed by atoms with E-state index < -0.39 is 23.4 Å². The van der Waals surface area contributed by atoms with Crippen molar-refractivity contribution in [3.63, 3.8) is 0 Å². The summed E-state index contributed by atoms with van der Waals surface area (Å²) >= 11 is 6.15. The largest absolute Gasteiger partial charge is 0.370 e. The standard InChI is InChI=1S/C23H25ClN4O3/c1-2-23(16-8-4-3-5-9-16)21(30)28(22(31)26-23)15-20(29)25-18-14-17(24)10-11-19(18)27-12-6-7-13-27/h3-5,8-11,14H,2,6-7,12-13,15H2,1H3,(H,25,29)(H,26,31)/t23-/m1/s1. The predicted molar refractivity (Wildman–Crippen MR) is 120 cm³/mol. The maximum Gasteiger partial charge on any atom is 0.325 e. The number of amides is 4. The molecule has 2 aliphatic rings. The third kappa shape index (κ3) is 3.97. The predicted octanol–water partition coefficient (Wildman–Crippen LogP) is 3.74. The molecule has 0 spiro atoms. The average Bonchev–Trinajstić information content (AvgIpc) is 3.38. The highest BCUT2D eigenvalue weighted by Crippen LogP contribution is 2.33. The molecule has 0 aromatic heterocycles. The van der Waals surface area contributed by atoms with Gasteiger partial charge in [-0.15, -0.1) is 0 Å². The number of nitrogens with zero attached hydrogens (tertiary/aromatic N) is 2. The van der Waals surface area contributed by atoms with E-state index in [4.69, 9.17) is 11.6 Å². The molecule has 2 aromatic rings. The van der Waals surface area contributed by atoms with Crippen molar-refractivity contribution in [2.24, 2.45) is 0 Å². The smallest absolute Gasteiger partial charge is 0.325 e. The Morgan fingerprint density at radius 1 is 1.13 bits per heavy atom. The van der Waals surface area contributed by atoms with Crippen molar-refractivity contribution in [1.82, 2.24) is 10.2 Å². The van der Waals surface area contributed by atoms with Crippen LogP contribution in [0.2, 0.25) is 5.02 Å². The van der Waals surface area contributed by atoms with Crippen LogP contribution in [0.5, 0.6) is 0 Å². The first-order valence-electron chi connectivity index (χ1n) is 10.5. The molecule has 7 nitrogen and oxygen atoms in total. The Morgan fingerprint density at radius 3 is 2.52 bits per heavy atom. The number of halogens is 1. The molecule has 1 atom stereocenters. The van der Waals surface area contributed by atoms with Gasteiger partial charge in [0.25, 0.3) is 5.91 Å². The van der Waals surface area contributed by atoms with Crippen LogP contribution in [-0.2, 0) is 15.1 Å². The molecular formula is C23H25ClN4O3. The number of benzene rings is 2. The summed E-state index contributed by atoms with van der Waals surface area (Å²) in [6.45, 7) is 3.29. The Bertz CT molecular complexity index is 1010. The van der Waals surface area contributed by atoms with Crippen LogP contribution in [0.25, 0.3) is 0 Å². The van der Waals surface area contributed by atoms with Gasteiger partial charge in [0.15, 0.2) is 0 Å². The summed E-state index contributed by atoms with van der Waals surface area (Å²) in [7, 11) is 0. The molecule has 0 bridgehead atoms. The SMILES string of the molecule is CC[C@]1(c2ccccc2)NC(=O)N(CC(=O)Nc2cc(Cl)ccc2N2CCCC2)C1=O. The number of imide groups is 1. The molecule has 4 rings (SSSR count). The van der Waals surface area contributed by atoms with Gasteiger partial charge in [-0.05, 0) is 43.0 Å². The van der Waals surface area contributed by atoms with E-state index >= 15 is 0 Å². The highest BCUT2D eigenvalue weighted by atomic mass is 35.5. The Labute approximate surface area is 186 Å². The van der Waals surface area contributed by atoms with E-state index in [-0.39, 0.29) is 6.54 Å². The Kier molecular flexibility index (Phi) is 5.87. The number of anilines is 2. The lowest BCUT2D eigenvalue weighted by Crippen LogP contribution is -2.44. The maximum atomic E-state index is 13.2. The minimum Gasteiger partial charge on any atom is -0.370 e. The van der Waals surface area contributed by atoms with Crippen LogP contribution in [0.4, 0.5) is 16.2 Å². The van der Waals surface area contributed by atoms with E-state index in [1.807, 2.05) is 31.2 Å². The van der Waals surface area contributed by atoms with Crippen LogP contribution in [0.1, 0.15) is 31.7 Å². The van der Waals surface area contributed by atoms with E-state index in [1.54, 1.807) is 24.3 Å². The van der Waals surface area contributed by atoms with Gasteiger partial charge in [-0.1, -0.05) is 48.9 Å². The molecule has 2 aliphatic heterocycles. The number of hydrogen-bond acceptors (Lipinski definition) is 4. The molecule has 2 saturated heterocycles. The fourth-order valence-electron chi connectivity index (χ4n) is 4.31. The van der Waals surface area contributed by atoms with E-state index in [0.29, 0.717) is 22.7 Å². The number of nitrogens with one attached hydrogen (secondary N) is 2. The van der Waals surface area contributed by atoms with Gasteiger partial charge in [0.2, 0.25) is 5.91 Å². The summed E-state index contributed by atoms with van der Waals surface area (Å²) in [5, 5.41) is 6.14. The lowest BCUT2D eigenvalue weighted by molar-refractivity contribution is -0.134. The summed E-state index contributed by atoms with van der Waals surface area (Å²) < 4.78 is 0. The molecule has 2 aromatic carbocycles. The van der Waals surface area contributed by atoms with Gasteiger partial charge in [0, 0.05) is 18.1 Å². The molecule has 8 heteroatoms. The second kappa shape index (κ2) is 8.59. The Hall–Kier alpha value is -3.06. The van der Waals surface area contributed by atoms with Crippen molar-refractivity contribution >= 4 is 40.8 Å². The summed E-state index contributed by atoms with van der Waals surface area (Å²) in [5.74, 6) is -0.876. The first kappa shape index (κ1) is 21.2. The molecule has 162 valence electrons. The minimum atomic E-state index is -1.16. The second-order valence-corrected chi connectivity index (χ2v) is 8.29. The topological polar surface area (TPSA) is 81.8 Å². The quantitative estimate of drug-likeness (QED) is 0.670. The molecular weight excluding hydrogens is 416 g/mol. The van der Waals surface area contributed by atoms with Crippen LogP contribution in [0, 0.1) is 0 Å². The van der Waals surface area contributed by atoms with Crippen molar-refractivity contribution < 1.29 is 14.4 Å². The zero-order valence-electron chi connectivity index (χ0n) is 17.4. The summed E-state index contributed by atoms with van der Waals surface area (Å²) in [5.41, 5.74) is 1.01. The van der Waals surface area contributed by atoms with Gasteiger partial charge in [0.05, 0.1) is 11.4 Å². The van der Waals surface area contributed by atoms with Crippen LogP contribution >= 0.6 is 11.6 Å². The van der Waals surface area contributed by atoms with Crippen LogP contribution in [0.3, 0.4) is 0 Å². The maximum absolute atomic E-state index is 13.2. The molecule has 0 unspecified atom stereocenters. The third-order valence-corrected chi connectivity index (χ3v) is 6.19. The van der Waals surface area contributed by atoms with Crippen molar-refractivity contribution in [3.05, 3.63) is 59.1 Å². The number of urea groups is 1. The molecule has 31 heavy (non-hydrogen) atoms. The lowest BCUT2D eigenvalue weighted by Gasteiger charge is -2.25. The average molecular weight is 441 g/mol. The zero-order chi connectivity index (χ0) is 22.0. The molecule has 2 fully saturated rings. The summed E-state index contributed by atoms with van der Waals surface area (Å²) in [6.07, 6.45) is 2.57. The van der Waals surface area contributed by atoms with Crippen LogP contribution < -0.4 is 15.5 Å². The van der Waals surface area contributed by atoms with Crippen molar-refractivity contribution in [2.45, 2.75) is 31.7 Å². The Balaban J connectivity index is 1.52. The second-order valence-electron chi connectivity index (χ2n) is 7.85. The summed E-state index contributed by atoms with van der Waals surface area (Å²) in [6, 6.07) is 13.9. The molecule has 2 heterocycles. The highest BCUT2D eigenvalue weighted by Gasteiger charge is 2.51. The van der Waals surface area contributed by atoms with Gasteiger partial charge in [-0.3, -0.25) is 14.5 Å². The number of rotatable bonds is 6. The fraction of sp³-hybridized carbons (Fsp3) is 0.348. The first-order valence-corrected chi connectivity index (χ1v) is 10.9. The van der Waals surface area contributed by atoms with Crippen molar-refractivity contribution in [3.8, 4) is 0 Å². The first-order chi connectivity index (χ1) is 14.9. The number of hydrogen-bond donors (Lipinski definition) is 2. The van der Waals surface area contributed by atoms with Crippen LogP contribution in [-0.4, -0.2) is 42.4 Å². The fourth-order valence-corrected chi connectivity index (χ4v) is 4.48. The van der Waals surface area contributed by atoms with Gasteiger partial charge >= 0.3 is 6.03 Å². The monoisotopic (exact) mass is 440 g/mol.